The van der Waals surface area contributed by atoms with Crippen molar-refractivity contribution in [3.05, 3.63) is 41.2 Å². The zero-order valence-electron chi connectivity index (χ0n) is 12.9. The van der Waals surface area contributed by atoms with Crippen LogP contribution >= 0.6 is 0 Å². The number of carbonyl (C=O) groups is 2. The highest BCUT2D eigenvalue weighted by molar-refractivity contribution is 6.36. The number of hydrogen-bond donors (Lipinski definition) is 4. The molecule has 1 heterocycles. The van der Waals surface area contributed by atoms with E-state index in [1.807, 2.05) is 24.3 Å². The lowest BCUT2D eigenvalue weighted by atomic mass is 9.94. The number of rotatable bonds is 6. The largest absolute Gasteiger partial charge is 0.792 e. The van der Waals surface area contributed by atoms with E-state index in [4.69, 9.17) is 5.11 Å². The Morgan fingerprint density at radius 2 is 1.91 bits per heavy atom. The molecule has 9 heteroatoms. The SMILES string of the molecule is O=C(O)C(CC(Cc1c[nH]c2ccccc12)C(=O)[O-])=N[O-].[NH4+].[NH4+]. The average molecular weight is 324 g/mol. The lowest BCUT2D eigenvalue weighted by Crippen LogP contribution is -2.35. The van der Waals surface area contributed by atoms with Gasteiger partial charge in [0.05, 0.1) is 0 Å². The van der Waals surface area contributed by atoms with Crippen molar-refractivity contribution in [3.63, 3.8) is 0 Å². The van der Waals surface area contributed by atoms with Gasteiger partial charge in [0.15, 0.2) is 0 Å². The van der Waals surface area contributed by atoms with Crippen molar-refractivity contribution in [3.8, 4) is 0 Å². The van der Waals surface area contributed by atoms with E-state index in [1.54, 1.807) is 6.20 Å². The summed E-state index contributed by atoms with van der Waals surface area (Å²) in [6.45, 7) is 0. The maximum Gasteiger partial charge on any atom is 0.349 e. The Hall–Kier alpha value is -2.91. The second-order valence-electron chi connectivity index (χ2n) is 4.63. The van der Waals surface area contributed by atoms with Gasteiger partial charge in [0.25, 0.3) is 0 Å². The predicted molar refractivity (Wildman–Crippen MR) is 85.5 cm³/mol. The number of H-pyrrole nitrogens is 1. The molecule has 0 saturated carbocycles. The molecule has 0 saturated heterocycles. The molecule has 0 aliphatic rings. The maximum atomic E-state index is 11.2. The molecule has 0 aliphatic carbocycles. The van der Waals surface area contributed by atoms with Gasteiger partial charge in [-0.05, 0) is 18.1 Å². The van der Waals surface area contributed by atoms with Crippen LogP contribution in [0.3, 0.4) is 0 Å². The summed E-state index contributed by atoms with van der Waals surface area (Å²) in [5.41, 5.74) is 0.847. The Kier molecular flexibility index (Phi) is 7.44. The van der Waals surface area contributed by atoms with Crippen molar-refractivity contribution >= 4 is 28.6 Å². The lowest BCUT2D eigenvalue weighted by Gasteiger charge is -2.18. The van der Waals surface area contributed by atoms with Crippen LogP contribution in [-0.4, -0.2) is 27.7 Å². The van der Waals surface area contributed by atoms with Crippen molar-refractivity contribution in [1.29, 1.82) is 0 Å². The predicted octanol–water partition coefficient (Wildman–Crippen LogP) is 1.24. The smallest absolute Gasteiger partial charge is 0.349 e. The lowest BCUT2D eigenvalue weighted by molar-refractivity contribution is -0.311. The number of carboxylic acids is 2. The van der Waals surface area contributed by atoms with Gasteiger partial charge in [-0.25, -0.2) is 4.79 Å². The van der Waals surface area contributed by atoms with E-state index < -0.39 is 30.0 Å². The highest BCUT2D eigenvalue weighted by atomic mass is 16.4. The molecule has 10 N–H and O–H groups in total. The molecule has 0 radical (unpaired) electrons. The number of carbonyl (C=O) groups excluding carboxylic acids is 1. The number of para-hydroxylation sites is 1. The van der Waals surface area contributed by atoms with Crippen LogP contribution in [0.15, 0.2) is 35.6 Å². The van der Waals surface area contributed by atoms with Crippen molar-refractivity contribution < 1.29 is 19.8 Å². The highest BCUT2D eigenvalue weighted by Crippen LogP contribution is 2.22. The van der Waals surface area contributed by atoms with E-state index in [9.17, 15) is 19.9 Å². The van der Waals surface area contributed by atoms with Crippen LogP contribution in [0, 0.1) is 11.1 Å². The first-order valence-corrected chi connectivity index (χ1v) is 6.21. The third kappa shape index (κ3) is 4.53. The number of benzene rings is 1. The molecule has 1 unspecified atom stereocenters. The zero-order chi connectivity index (χ0) is 15.4. The van der Waals surface area contributed by atoms with Crippen LogP contribution in [0.2, 0.25) is 0 Å². The molecular weight excluding hydrogens is 304 g/mol. The first-order valence-electron chi connectivity index (χ1n) is 6.21. The second-order valence-corrected chi connectivity index (χ2v) is 4.63. The Morgan fingerprint density at radius 1 is 1.26 bits per heavy atom. The molecule has 126 valence electrons. The van der Waals surface area contributed by atoms with Crippen LogP contribution in [-0.2, 0) is 16.0 Å². The maximum absolute atomic E-state index is 11.2. The molecule has 1 aromatic heterocycles. The Morgan fingerprint density at radius 3 is 2.48 bits per heavy atom. The Labute approximate surface area is 131 Å². The van der Waals surface area contributed by atoms with Crippen molar-refractivity contribution in [2.45, 2.75) is 12.8 Å². The van der Waals surface area contributed by atoms with Gasteiger partial charge in [0, 0.05) is 35.4 Å². The molecule has 0 spiro atoms. The van der Waals surface area contributed by atoms with Gasteiger partial charge >= 0.3 is 5.97 Å². The molecule has 0 aliphatic heterocycles. The average Bonchev–Trinajstić information content (AvgIpc) is 2.86. The van der Waals surface area contributed by atoms with Crippen LogP contribution in [0.1, 0.15) is 12.0 Å². The number of nitrogens with one attached hydrogen (secondary N) is 1. The first kappa shape index (κ1) is 20.1. The third-order valence-corrected chi connectivity index (χ3v) is 3.27. The molecule has 0 amide bonds. The van der Waals surface area contributed by atoms with Gasteiger partial charge in [-0.15, -0.1) is 0 Å². The van der Waals surface area contributed by atoms with Gasteiger partial charge in [0.2, 0.25) is 0 Å². The van der Waals surface area contributed by atoms with Gasteiger partial charge in [-0.1, -0.05) is 18.2 Å². The summed E-state index contributed by atoms with van der Waals surface area (Å²) in [5.74, 6) is -4.06. The molecule has 0 bridgehead atoms. The van der Waals surface area contributed by atoms with Gasteiger partial charge in [-0.3, -0.25) is 0 Å². The number of quaternary nitrogens is 2. The van der Waals surface area contributed by atoms with E-state index in [0.717, 1.165) is 16.5 Å². The van der Waals surface area contributed by atoms with Crippen molar-refractivity contribution in [1.82, 2.24) is 17.3 Å². The van der Waals surface area contributed by atoms with Crippen LogP contribution < -0.4 is 17.4 Å². The standard InChI is InChI=1S/C14H14N2O5.2H3N/c17-13(18)8(6-12(16-21)14(19)20)5-9-7-15-11-4-2-1-3-10(9)11;;/h1-4,7-8,15,21H,5-6H2,(H,17,18)(H,19,20);2*1H3. The summed E-state index contributed by atoms with van der Waals surface area (Å²) < 4.78 is 0. The minimum Gasteiger partial charge on any atom is -0.792 e. The summed E-state index contributed by atoms with van der Waals surface area (Å²) in [4.78, 5) is 24.9. The number of hydrogen-bond acceptors (Lipinski definition) is 5. The minimum absolute atomic E-state index is 0. The minimum atomic E-state index is -1.52. The molecule has 1 atom stereocenters. The van der Waals surface area contributed by atoms with Gasteiger partial charge in [0.1, 0.15) is 5.71 Å². The summed E-state index contributed by atoms with van der Waals surface area (Å²) >= 11 is 0. The number of nitrogens with zero attached hydrogens (tertiary/aromatic N) is 1. The number of fused-ring (bicyclic) bond motifs is 1. The van der Waals surface area contributed by atoms with Crippen molar-refractivity contribution in [2.24, 2.45) is 11.1 Å². The number of carboxylic acid groups (broad SMARTS) is 2. The number of aromatic nitrogens is 1. The fourth-order valence-corrected chi connectivity index (χ4v) is 2.20. The molecule has 1 aromatic carbocycles. The summed E-state index contributed by atoms with van der Waals surface area (Å²) in [6, 6.07) is 7.32. The van der Waals surface area contributed by atoms with E-state index in [2.05, 4.69) is 10.1 Å². The topological polar surface area (TPSA) is 202 Å². The van der Waals surface area contributed by atoms with E-state index in [-0.39, 0.29) is 18.7 Å². The molecular formula is C14H20N4O5. The van der Waals surface area contributed by atoms with E-state index in [0.29, 0.717) is 0 Å². The molecule has 2 rings (SSSR count). The summed E-state index contributed by atoms with van der Waals surface area (Å²) in [5, 5.41) is 33.6. The Balaban J connectivity index is 0.00000242. The van der Waals surface area contributed by atoms with Gasteiger partial charge < -0.3 is 42.7 Å². The molecule has 9 nitrogen and oxygen atoms in total. The fourth-order valence-electron chi connectivity index (χ4n) is 2.20. The summed E-state index contributed by atoms with van der Waals surface area (Å²) in [7, 11) is 0. The zero-order valence-corrected chi connectivity index (χ0v) is 12.9. The monoisotopic (exact) mass is 324 g/mol. The quantitative estimate of drug-likeness (QED) is 0.456. The summed E-state index contributed by atoms with van der Waals surface area (Å²) in [6.07, 6.45) is 1.24. The highest BCUT2D eigenvalue weighted by Gasteiger charge is 2.19. The fraction of sp³-hybridized carbons (Fsp3) is 0.214. The molecule has 23 heavy (non-hydrogen) atoms. The van der Waals surface area contributed by atoms with Crippen molar-refractivity contribution in [2.75, 3.05) is 0 Å². The number of aromatic amines is 1. The number of aliphatic carboxylic acids is 2. The molecule has 0 fully saturated rings. The van der Waals surface area contributed by atoms with Crippen LogP contribution in [0.4, 0.5) is 0 Å². The van der Waals surface area contributed by atoms with E-state index in [1.165, 1.54) is 0 Å². The Bertz CT molecular complexity index is 710. The van der Waals surface area contributed by atoms with Gasteiger partial charge in [-0.2, -0.15) is 0 Å². The second kappa shape index (κ2) is 8.51. The van der Waals surface area contributed by atoms with Crippen LogP contribution in [0.25, 0.3) is 10.9 Å². The third-order valence-electron chi connectivity index (χ3n) is 3.27. The first-order chi connectivity index (χ1) is 10.0. The molecule has 2 aromatic rings. The van der Waals surface area contributed by atoms with Crippen LogP contribution in [0.5, 0.6) is 0 Å². The van der Waals surface area contributed by atoms with E-state index >= 15 is 0 Å². The normalized spacial score (nSPS) is 12.1.